The van der Waals surface area contributed by atoms with Gasteiger partial charge in [-0.1, -0.05) is 57.2 Å². The van der Waals surface area contributed by atoms with E-state index in [4.69, 9.17) is 9.47 Å². The normalized spacial score (nSPS) is 12.0. The van der Waals surface area contributed by atoms with Crippen molar-refractivity contribution < 1.29 is 14.3 Å². The number of anilines is 1. The second kappa shape index (κ2) is 10.6. The maximum atomic E-state index is 13.8. The van der Waals surface area contributed by atoms with Crippen LogP contribution < -0.4 is 20.3 Å². The molecular weight excluding hydrogens is 478 g/mol. The van der Waals surface area contributed by atoms with Crippen molar-refractivity contribution in [3.63, 3.8) is 0 Å². The quantitative estimate of drug-likeness (QED) is 0.275. The Labute approximate surface area is 222 Å². The van der Waals surface area contributed by atoms with Crippen LogP contribution in [0.3, 0.4) is 0 Å². The molecule has 1 aromatic heterocycles. The van der Waals surface area contributed by atoms with E-state index in [2.05, 4.69) is 26.1 Å². The van der Waals surface area contributed by atoms with Gasteiger partial charge in [-0.25, -0.2) is 9.36 Å². The molecule has 0 saturated carbocycles. The average molecular weight is 512 g/mol. The highest BCUT2D eigenvalue weighted by Gasteiger charge is 2.31. The average Bonchev–Trinajstić information content (AvgIpc) is 3.18. The Hall–Kier alpha value is -4.26. The van der Waals surface area contributed by atoms with Gasteiger partial charge in [-0.05, 0) is 60.7 Å². The standard InChI is InChI=1S/C31H33N3O4/c1-5-21-10-16-25(17-11-21)34-30(36)26-18-23-8-7-9-27(37-6-2)29(23)38-31(26)33(34)19-28(35)32-24-14-12-22(13-15-24)20(3)4/h7-17,20H,5-6,18-19H2,1-4H3,(H,32,35). The summed E-state index contributed by atoms with van der Waals surface area (Å²) in [5.41, 5.74) is 4.92. The molecule has 3 aromatic carbocycles. The van der Waals surface area contributed by atoms with E-state index in [9.17, 15) is 9.59 Å². The van der Waals surface area contributed by atoms with Crippen LogP contribution in [0.1, 0.15) is 55.9 Å². The van der Waals surface area contributed by atoms with E-state index in [1.807, 2.05) is 73.7 Å². The lowest BCUT2D eigenvalue weighted by molar-refractivity contribution is -0.117. The molecule has 0 saturated heterocycles. The van der Waals surface area contributed by atoms with Gasteiger partial charge in [0.05, 0.1) is 17.9 Å². The topological polar surface area (TPSA) is 74.5 Å². The summed E-state index contributed by atoms with van der Waals surface area (Å²) in [6.07, 6.45) is 1.28. The number of hydrogen-bond acceptors (Lipinski definition) is 4. The summed E-state index contributed by atoms with van der Waals surface area (Å²) in [5.74, 6) is 1.70. The fraction of sp³-hybridized carbons (Fsp3) is 0.290. The third-order valence-electron chi connectivity index (χ3n) is 6.85. The molecular formula is C31H33N3O4. The van der Waals surface area contributed by atoms with Crippen molar-refractivity contribution >= 4 is 11.6 Å². The lowest BCUT2D eigenvalue weighted by Crippen LogP contribution is -2.27. The molecule has 0 bridgehead atoms. The highest BCUT2D eigenvalue weighted by Crippen LogP contribution is 2.42. The molecule has 0 unspecified atom stereocenters. The van der Waals surface area contributed by atoms with Crippen LogP contribution >= 0.6 is 0 Å². The second-order valence-electron chi connectivity index (χ2n) is 9.76. The number of aryl methyl sites for hydroxylation is 1. The Kier molecular flexibility index (Phi) is 7.09. The Bertz CT molecular complexity index is 1510. The first-order valence-electron chi connectivity index (χ1n) is 13.2. The van der Waals surface area contributed by atoms with Gasteiger partial charge in [0.15, 0.2) is 11.5 Å². The van der Waals surface area contributed by atoms with Crippen molar-refractivity contribution in [2.75, 3.05) is 11.9 Å². The highest BCUT2D eigenvalue weighted by molar-refractivity contribution is 5.90. The molecule has 1 amide bonds. The minimum absolute atomic E-state index is 0.0990. The van der Waals surface area contributed by atoms with E-state index in [0.29, 0.717) is 53.3 Å². The number of aromatic nitrogens is 2. The van der Waals surface area contributed by atoms with Gasteiger partial charge in [0.1, 0.15) is 6.54 Å². The highest BCUT2D eigenvalue weighted by atomic mass is 16.5. The van der Waals surface area contributed by atoms with Gasteiger partial charge in [0.2, 0.25) is 11.8 Å². The van der Waals surface area contributed by atoms with Gasteiger partial charge in [-0.15, -0.1) is 0 Å². The third kappa shape index (κ3) is 4.84. The number of rotatable bonds is 8. The zero-order valence-corrected chi connectivity index (χ0v) is 22.3. The van der Waals surface area contributed by atoms with Crippen LogP contribution in [0.2, 0.25) is 0 Å². The molecule has 5 rings (SSSR count). The molecule has 1 aliphatic rings. The van der Waals surface area contributed by atoms with Gasteiger partial charge >= 0.3 is 0 Å². The van der Waals surface area contributed by atoms with E-state index in [-0.39, 0.29) is 18.0 Å². The fourth-order valence-electron chi connectivity index (χ4n) is 4.77. The van der Waals surface area contributed by atoms with Crippen LogP contribution in [0.4, 0.5) is 5.69 Å². The number of nitrogens with one attached hydrogen (secondary N) is 1. The Morgan fingerprint density at radius 1 is 1.03 bits per heavy atom. The minimum atomic E-state index is -0.258. The predicted molar refractivity (Wildman–Crippen MR) is 149 cm³/mol. The van der Waals surface area contributed by atoms with Crippen LogP contribution in [0, 0.1) is 0 Å². The van der Waals surface area contributed by atoms with Crippen molar-refractivity contribution in [3.05, 3.63) is 99.3 Å². The molecule has 4 aromatic rings. The van der Waals surface area contributed by atoms with Crippen LogP contribution in [-0.2, 0) is 24.2 Å². The molecule has 1 aliphatic heterocycles. The minimum Gasteiger partial charge on any atom is -0.490 e. The second-order valence-corrected chi connectivity index (χ2v) is 9.76. The Morgan fingerprint density at radius 2 is 1.76 bits per heavy atom. The summed E-state index contributed by atoms with van der Waals surface area (Å²) in [4.78, 5) is 27.0. The number of fused-ring (bicyclic) bond motifs is 2. The summed E-state index contributed by atoms with van der Waals surface area (Å²) in [6.45, 7) is 8.65. The smallest absolute Gasteiger partial charge is 0.278 e. The first-order valence-corrected chi connectivity index (χ1v) is 13.2. The lowest BCUT2D eigenvalue weighted by Gasteiger charge is -2.21. The van der Waals surface area contributed by atoms with Crippen molar-refractivity contribution in [1.82, 2.24) is 9.36 Å². The number of carbonyl (C=O) groups is 1. The number of amides is 1. The number of benzene rings is 3. The van der Waals surface area contributed by atoms with E-state index in [0.717, 1.165) is 17.5 Å². The van der Waals surface area contributed by atoms with Crippen molar-refractivity contribution in [2.45, 2.75) is 53.0 Å². The van der Waals surface area contributed by atoms with Gasteiger partial charge in [-0.2, -0.15) is 0 Å². The monoisotopic (exact) mass is 511 g/mol. The number of hydrogen-bond donors (Lipinski definition) is 1. The summed E-state index contributed by atoms with van der Waals surface area (Å²) in [5, 5.41) is 2.96. The first-order chi connectivity index (χ1) is 18.4. The molecule has 0 atom stereocenters. The number of nitrogens with zero attached hydrogens (tertiary/aromatic N) is 2. The van der Waals surface area contributed by atoms with Gasteiger partial charge in [-0.3, -0.25) is 9.59 Å². The zero-order valence-electron chi connectivity index (χ0n) is 22.3. The van der Waals surface area contributed by atoms with E-state index >= 15 is 0 Å². The molecule has 0 aliphatic carbocycles. The van der Waals surface area contributed by atoms with Crippen LogP contribution in [0.25, 0.3) is 5.69 Å². The van der Waals surface area contributed by atoms with Crippen molar-refractivity contribution in [1.29, 1.82) is 0 Å². The van der Waals surface area contributed by atoms with E-state index in [1.54, 1.807) is 4.68 Å². The summed E-state index contributed by atoms with van der Waals surface area (Å²) in [6, 6.07) is 21.3. The molecule has 7 nitrogen and oxygen atoms in total. The molecule has 0 fully saturated rings. The lowest BCUT2D eigenvalue weighted by atomic mass is 10.0. The maximum absolute atomic E-state index is 13.8. The summed E-state index contributed by atoms with van der Waals surface area (Å²) < 4.78 is 15.3. The van der Waals surface area contributed by atoms with Crippen molar-refractivity contribution in [3.8, 4) is 23.1 Å². The van der Waals surface area contributed by atoms with Crippen LogP contribution in [0.5, 0.6) is 17.4 Å². The summed E-state index contributed by atoms with van der Waals surface area (Å²) >= 11 is 0. The maximum Gasteiger partial charge on any atom is 0.278 e. The Morgan fingerprint density at radius 3 is 2.42 bits per heavy atom. The largest absolute Gasteiger partial charge is 0.490 e. The third-order valence-corrected chi connectivity index (χ3v) is 6.85. The molecule has 1 N–H and O–H groups in total. The zero-order chi connectivity index (χ0) is 26.8. The van der Waals surface area contributed by atoms with E-state index in [1.165, 1.54) is 10.2 Å². The van der Waals surface area contributed by atoms with Crippen molar-refractivity contribution in [2.24, 2.45) is 0 Å². The fourth-order valence-corrected chi connectivity index (χ4v) is 4.77. The molecule has 0 radical (unpaired) electrons. The van der Waals surface area contributed by atoms with Gasteiger partial charge in [0, 0.05) is 17.7 Å². The number of carbonyl (C=O) groups excluding carboxylic acids is 1. The first kappa shape index (κ1) is 25.4. The Balaban J connectivity index is 1.54. The molecule has 0 spiro atoms. The molecule has 38 heavy (non-hydrogen) atoms. The number of para-hydroxylation sites is 1. The molecule has 2 heterocycles. The summed E-state index contributed by atoms with van der Waals surface area (Å²) in [7, 11) is 0. The van der Waals surface area contributed by atoms with Crippen LogP contribution in [0.15, 0.2) is 71.5 Å². The predicted octanol–water partition coefficient (Wildman–Crippen LogP) is 6.06. The SMILES string of the molecule is CCOc1cccc2c1Oc1c(c(=O)n(-c3ccc(CC)cc3)n1CC(=O)Nc1ccc(C(C)C)cc1)C2. The number of ether oxygens (including phenoxy) is 2. The van der Waals surface area contributed by atoms with Crippen LogP contribution in [-0.4, -0.2) is 21.9 Å². The van der Waals surface area contributed by atoms with E-state index < -0.39 is 0 Å². The molecule has 196 valence electrons. The van der Waals surface area contributed by atoms with Gasteiger partial charge in [0.25, 0.3) is 5.56 Å². The molecule has 7 heteroatoms. The van der Waals surface area contributed by atoms with Gasteiger partial charge < -0.3 is 14.8 Å².